The van der Waals surface area contributed by atoms with E-state index < -0.39 is 11.6 Å². The number of methoxy groups -OCH3 is 3. The van der Waals surface area contributed by atoms with Crippen LogP contribution in [0.3, 0.4) is 0 Å². The molecule has 3 rings (SSSR count). The van der Waals surface area contributed by atoms with Crippen LogP contribution in [-0.2, 0) is 4.74 Å². The average Bonchev–Trinajstić information content (AvgIpc) is 3.17. The predicted molar refractivity (Wildman–Crippen MR) is 101 cm³/mol. The first-order chi connectivity index (χ1) is 13.0. The van der Waals surface area contributed by atoms with Gasteiger partial charge in [-0.15, -0.1) is 11.3 Å². The first-order valence-corrected chi connectivity index (χ1v) is 8.95. The number of carbonyl (C=O) groups is 1. The highest BCUT2D eigenvalue weighted by Gasteiger charge is 2.25. The summed E-state index contributed by atoms with van der Waals surface area (Å²) in [5.41, 5.74) is 0.423. The Hall–Kier alpha value is -3.00. The van der Waals surface area contributed by atoms with E-state index in [1.54, 1.807) is 30.5 Å². The Bertz CT molecular complexity index is 1020. The molecule has 0 bridgehead atoms. The molecular weight excluding hydrogens is 372 g/mol. The standard InChI is InChI=1S/C19H18O7S/c1-5-25-19(21)16-14(17-11(6-7-27-17)18(20)26-16)10-8-12(22-2)15(24-4)13(9-10)23-3/h6-9H,5H2,1-4H3. The van der Waals surface area contributed by atoms with Gasteiger partial charge in [0, 0.05) is 0 Å². The molecule has 0 aliphatic rings. The van der Waals surface area contributed by atoms with Gasteiger partial charge >= 0.3 is 11.6 Å². The molecule has 142 valence electrons. The summed E-state index contributed by atoms with van der Waals surface area (Å²) in [4.78, 5) is 24.7. The zero-order chi connectivity index (χ0) is 19.6. The summed E-state index contributed by atoms with van der Waals surface area (Å²) in [7, 11) is 4.50. The van der Waals surface area contributed by atoms with Crippen LogP contribution in [0.4, 0.5) is 0 Å². The molecule has 8 heteroatoms. The van der Waals surface area contributed by atoms with Crippen LogP contribution >= 0.6 is 11.3 Å². The van der Waals surface area contributed by atoms with E-state index in [2.05, 4.69) is 0 Å². The lowest BCUT2D eigenvalue weighted by Gasteiger charge is -2.15. The third kappa shape index (κ3) is 3.23. The Balaban J connectivity index is 2.38. The topological polar surface area (TPSA) is 84.2 Å². The van der Waals surface area contributed by atoms with E-state index in [0.29, 0.717) is 38.5 Å². The van der Waals surface area contributed by atoms with Crippen LogP contribution in [0.1, 0.15) is 17.5 Å². The monoisotopic (exact) mass is 390 g/mol. The predicted octanol–water partition coefficient (Wildman–Crippen LogP) is 3.72. The van der Waals surface area contributed by atoms with E-state index in [-0.39, 0.29) is 12.4 Å². The molecule has 0 aliphatic heterocycles. The SMILES string of the molecule is CCOC(=O)c1oc(=O)c2ccsc2c1-c1cc(OC)c(OC)c(OC)c1. The maximum atomic E-state index is 12.5. The molecule has 1 aromatic carbocycles. The van der Waals surface area contributed by atoms with Gasteiger partial charge in [-0.25, -0.2) is 9.59 Å². The van der Waals surface area contributed by atoms with Crippen LogP contribution < -0.4 is 19.8 Å². The molecule has 0 amide bonds. The van der Waals surface area contributed by atoms with Gasteiger partial charge in [0.25, 0.3) is 0 Å². The van der Waals surface area contributed by atoms with Gasteiger partial charge in [-0.2, -0.15) is 0 Å². The molecule has 0 saturated carbocycles. The van der Waals surface area contributed by atoms with Gasteiger partial charge in [0.1, 0.15) is 0 Å². The number of hydrogen-bond acceptors (Lipinski definition) is 8. The normalized spacial score (nSPS) is 10.7. The fourth-order valence-electron chi connectivity index (χ4n) is 2.79. The fraction of sp³-hybridized carbons (Fsp3) is 0.263. The molecular formula is C19H18O7S. The lowest BCUT2D eigenvalue weighted by molar-refractivity contribution is 0.0487. The highest BCUT2D eigenvalue weighted by atomic mass is 32.1. The third-order valence-corrected chi connectivity index (χ3v) is 4.88. The van der Waals surface area contributed by atoms with Gasteiger partial charge < -0.3 is 23.4 Å². The van der Waals surface area contributed by atoms with E-state index in [1.807, 2.05) is 0 Å². The van der Waals surface area contributed by atoms with Crippen molar-refractivity contribution >= 4 is 27.4 Å². The molecule has 3 aromatic rings. The first kappa shape index (κ1) is 18.8. The van der Waals surface area contributed by atoms with Crippen molar-refractivity contribution in [2.75, 3.05) is 27.9 Å². The summed E-state index contributed by atoms with van der Waals surface area (Å²) in [6.07, 6.45) is 0. The van der Waals surface area contributed by atoms with Crippen LogP contribution in [0, 0.1) is 0 Å². The summed E-state index contributed by atoms with van der Waals surface area (Å²) in [6, 6.07) is 5.04. The van der Waals surface area contributed by atoms with Crippen molar-refractivity contribution in [1.82, 2.24) is 0 Å². The number of fused-ring (bicyclic) bond motifs is 1. The molecule has 0 aliphatic carbocycles. The van der Waals surface area contributed by atoms with Gasteiger partial charge in [0.05, 0.1) is 43.6 Å². The molecule has 0 N–H and O–H groups in total. The Morgan fingerprint density at radius 3 is 2.33 bits per heavy atom. The van der Waals surface area contributed by atoms with Gasteiger partial charge in [-0.3, -0.25) is 0 Å². The molecule has 7 nitrogen and oxygen atoms in total. The molecule has 0 saturated heterocycles. The minimum absolute atomic E-state index is 0.152. The lowest BCUT2D eigenvalue weighted by Crippen LogP contribution is -2.12. The van der Waals surface area contributed by atoms with Gasteiger partial charge in [-0.05, 0) is 36.1 Å². The largest absolute Gasteiger partial charge is 0.493 e. The molecule has 27 heavy (non-hydrogen) atoms. The van der Waals surface area contributed by atoms with Gasteiger partial charge in [0.2, 0.25) is 11.5 Å². The number of ether oxygens (including phenoxy) is 4. The lowest BCUT2D eigenvalue weighted by atomic mass is 10.0. The highest BCUT2D eigenvalue weighted by molar-refractivity contribution is 7.17. The summed E-state index contributed by atoms with van der Waals surface area (Å²) >= 11 is 1.33. The average molecular weight is 390 g/mol. The number of benzene rings is 1. The maximum absolute atomic E-state index is 12.5. The number of rotatable bonds is 6. The smallest absolute Gasteiger partial charge is 0.375 e. The van der Waals surface area contributed by atoms with Crippen molar-refractivity contribution in [3.8, 4) is 28.4 Å². The third-order valence-electron chi connectivity index (χ3n) is 3.95. The first-order valence-electron chi connectivity index (χ1n) is 8.07. The number of esters is 1. The zero-order valence-corrected chi connectivity index (χ0v) is 16.1. The van der Waals surface area contributed by atoms with E-state index in [0.717, 1.165) is 0 Å². The zero-order valence-electron chi connectivity index (χ0n) is 15.3. The minimum Gasteiger partial charge on any atom is -0.493 e. The van der Waals surface area contributed by atoms with E-state index in [4.69, 9.17) is 23.4 Å². The van der Waals surface area contributed by atoms with Crippen LogP contribution in [-0.4, -0.2) is 33.9 Å². The van der Waals surface area contributed by atoms with Crippen LogP contribution in [0.25, 0.3) is 21.2 Å². The molecule has 0 spiro atoms. The Morgan fingerprint density at radius 2 is 1.78 bits per heavy atom. The second kappa shape index (κ2) is 7.71. The van der Waals surface area contributed by atoms with Gasteiger partial charge in [0.15, 0.2) is 11.5 Å². The summed E-state index contributed by atoms with van der Waals surface area (Å²) in [6.45, 7) is 1.83. The molecule has 0 unspecified atom stereocenters. The Labute approximate surface area is 159 Å². The van der Waals surface area contributed by atoms with Crippen molar-refractivity contribution in [3.05, 3.63) is 39.8 Å². The molecule has 0 atom stereocenters. The molecule has 0 fully saturated rings. The number of carbonyl (C=O) groups excluding carboxylic acids is 1. The van der Waals surface area contributed by atoms with Crippen LogP contribution in [0.15, 0.2) is 32.8 Å². The highest BCUT2D eigenvalue weighted by Crippen LogP contribution is 2.44. The quantitative estimate of drug-likeness (QED) is 0.593. The molecule has 0 radical (unpaired) electrons. The summed E-state index contributed by atoms with van der Waals surface area (Å²) in [5.74, 6) is 0.371. The second-order valence-corrected chi connectivity index (χ2v) is 6.31. The molecule has 2 heterocycles. The van der Waals surface area contributed by atoms with Crippen molar-refractivity contribution in [1.29, 1.82) is 0 Å². The second-order valence-electron chi connectivity index (χ2n) is 5.39. The van der Waals surface area contributed by atoms with E-state index in [9.17, 15) is 9.59 Å². The van der Waals surface area contributed by atoms with Crippen molar-refractivity contribution < 1.29 is 28.2 Å². The Kier molecular flexibility index (Phi) is 5.36. The summed E-state index contributed by atoms with van der Waals surface area (Å²) < 4.78 is 27.1. The summed E-state index contributed by atoms with van der Waals surface area (Å²) in [5, 5.41) is 2.15. The van der Waals surface area contributed by atoms with Crippen molar-refractivity contribution in [2.45, 2.75) is 6.92 Å². The molecule has 2 aromatic heterocycles. The maximum Gasteiger partial charge on any atom is 0.375 e. The Morgan fingerprint density at radius 1 is 1.11 bits per heavy atom. The van der Waals surface area contributed by atoms with Crippen LogP contribution in [0.5, 0.6) is 17.2 Å². The van der Waals surface area contributed by atoms with Crippen molar-refractivity contribution in [2.24, 2.45) is 0 Å². The van der Waals surface area contributed by atoms with E-state index in [1.165, 1.54) is 32.7 Å². The van der Waals surface area contributed by atoms with Crippen LogP contribution in [0.2, 0.25) is 0 Å². The fourth-order valence-corrected chi connectivity index (χ4v) is 3.74. The van der Waals surface area contributed by atoms with Crippen molar-refractivity contribution in [3.63, 3.8) is 0 Å². The van der Waals surface area contributed by atoms with E-state index >= 15 is 0 Å². The minimum atomic E-state index is -0.714. The number of hydrogen-bond donors (Lipinski definition) is 0. The number of thiophene rings is 1. The van der Waals surface area contributed by atoms with Gasteiger partial charge in [-0.1, -0.05) is 0 Å².